The molecule has 0 aliphatic carbocycles. The number of amides is 2. The van der Waals surface area contributed by atoms with E-state index in [1.165, 1.54) is 11.3 Å². The van der Waals surface area contributed by atoms with Gasteiger partial charge in [0.15, 0.2) is 5.13 Å². The third-order valence-corrected chi connectivity index (χ3v) is 4.76. The Kier molecular flexibility index (Phi) is 5.66. The first-order valence-electron chi connectivity index (χ1n) is 8.42. The molecule has 8 heteroatoms. The van der Waals surface area contributed by atoms with Crippen LogP contribution in [0.2, 0.25) is 0 Å². The predicted octanol–water partition coefficient (Wildman–Crippen LogP) is 3.45. The molecule has 0 saturated heterocycles. The molecular formula is C19H19FN4O2S. The number of carbonyl (C=O) groups is 2. The molecule has 0 saturated carbocycles. The van der Waals surface area contributed by atoms with Crippen molar-refractivity contribution in [2.75, 3.05) is 11.9 Å². The van der Waals surface area contributed by atoms with Crippen LogP contribution in [0.3, 0.4) is 0 Å². The highest BCUT2D eigenvalue weighted by atomic mass is 32.1. The summed E-state index contributed by atoms with van der Waals surface area (Å²) in [5.41, 5.74) is 1.88. The number of aromatic nitrogens is 2. The van der Waals surface area contributed by atoms with Gasteiger partial charge in [0.2, 0.25) is 5.91 Å². The number of rotatable bonds is 6. The van der Waals surface area contributed by atoms with Gasteiger partial charge in [-0.15, -0.1) is 11.3 Å². The SMILES string of the molecule is CCn1ccc(C(=O)NCC(=O)Nc2nc(-c3cccc(C)c3F)cs2)c1. The number of nitrogens with zero attached hydrogens (tertiary/aromatic N) is 2. The smallest absolute Gasteiger partial charge is 0.253 e. The van der Waals surface area contributed by atoms with Crippen molar-refractivity contribution in [3.63, 3.8) is 0 Å². The van der Waals surface area contributed by atoms with Gasteiger partial charge in [-0.3, -0.25) is 9.59 Å². The van der Waals surface area contributed by atoms with Crippen LogP contribution < -0.4 is 10.6 Å². The number of nitrogens with one attached hydrogen (secondary N) is 2. The molecule has 1 aromatic carbocycles. The molecule has 0 atom stereocenters. The Balaban J connectivity index is 1.58. The third kappa shape index (κ3) is 4.40. The standard InChI is InChI=1S/C19H19FN4O2S/c1-3-24-8-7-13(10-24)18(26)21-9-16(25)23-19-22-15(11-27-19)14-6-4-5-12(2)17(14)20/h4-8,10-11H,3,9H2,1-2H3,(H,21,26)(H,22,23,25). The molecule has 2 heterocycles. The van der Waals surface area contributed by atoms with Crippen LogP contribution in [-0.2, 0) is 11.3 Å². The van der Waals surface area contributed by atoms with E-state index in [2.05, 4.69) is 15.6 Å². The number of thiazole rings is 1. The summed E-state index contributed by atoms with van der Waals surface area (Å²) in [7, 11) is 0. The number of carbonyl (C=O) groups excluding carboxylic acids is 2. The second kappa shape index (κ2) is 8.13. The summed E-state index contributed by atoms with van der Waals surface area (Å²) >= 11 is 1.20. The molecule has 3 rings (SSSR count). The summed E-state index contributed by atoms with van der Waals surface area (Å²) in [6, 6.07) is 6.78. The normalized spacial score (nSPS) is 10.6. The summed E-state index contributed by atoms with van der Waals surface area (Å²) in [5.74, 6) is -1.05. The molecular weight excluding hydrogens is 367 g/mol. The van der Waals surface area contributed by atoms with Gasteiger partial charge < -0.3 is 15.2 Å². The average molecular weight is 386 g/mol. The lowest BCUT2D eigenvalue weighted by Crippen LogP contribution is -2.32. The van der Waals surface area contributed by atoms with Crippen LogP contribution in [0.1, 0.15) is 22.8 Å². The number of hydrogen-bond donors (Lipinski definition) is 2. The zero-order valence-corrected chi connectivity index (χ0v) is 15.8. The minimum Gasteiger partial charge on any atom is -0.354 e. The topological polar surface area (TPSA) is 76.0 Å². The van der Waals surface area contributed by atoms with Crippen molar-refractivity contribution < 1.29 is 14.0 Å². The minimum absolute atomic E-state index is 0.177. The first-order valence-corrected chi connectivity index (χ1v) is 9.30. The molecule has 27 heavy (non-hydrogen) atoms. The summed E-state index contributed by atoms with van der Waals surface area (Å²) in [6.45, 7) is 4.25. The van der Waals surface area contributed by atoms with Crippen molar-refractivity contribution in [1.29, 1.82) is 0 Å². The summed E-state index contributed by atoms with van der Waals surface area (Å²) in [4.78, 5) is 28.3. The Morgan fingerprint density at radius 1 is 1.30 bits per heavy atom. The number of benzene rings is 1. The van der Waals surface area contributed by atoms with Crippen molar-refractivity contribution in [3.8, 4) is 11.3 Å². The van der Waals surface area contributed by atoms with E-state index >= 15 is 0 Å². The van der Waals surface area contributed by atoms with Crippen molar-refractivity contribution in [2.45, 2.75) is 20.4 Å². The maximum absolute atomic E-state index is 14.2. The molecule has 0 unspecified atom stereocenters. The first kappa shape index (κ1) is 18.8. The van der Waals surface area contributed by atoms with E-state index < -0.39 is 5.91 Å². The fraction of sp³-hybridized carbons (Fsp3) is 0.211. The van der Waals surface area contributed by atoms with Crippen molar-refractivity contribution in [2.24, 2.45) is 0 Å². The number of hydrogen-bond acceptors (Lipinski definition) is 4. The van der Waals surface area contributed by atoms with E-state index in [-0.39, 0.29) is 18.3 Å². The quantitative estimate of drug-likeness (QED) is 0.681. The Labute approximate surface area is 160 Å². The first-order chi connectivity index (χ1) is 13.0. The van der Waals surface area contributed by atoms with Gasteiger partial charge in [-0.1, -0.05) is 12.1 Å². The summed E-state index contributed by atoms with van der Waals surface area (Å²) in [5, 5.41) is 7.21. The third-order valence-electron chi connectivity index (χ3n) is 4.01. The fourth-order valence-electron chi connectivity index (χ4n) is 2.50. The second-order valence-electron chi connectivity index (χ2n) is 5.94. The van der Waals surface area contributed by atoms with Crippen LogP contribution in [0.25, 0.3) is 11.3 Å². The molecule has 0 fully saturated rings. The zero-order chi connectivity index (χ0) is 19.4. The lowest BCUT2D eigenvalue weighted by atomic mass is 10.1. The summed E-state index contributed by atoms with van der Waals surface area (Å²) in [6.07, 6.45) is 3.52. The largest absolute Gasteiger partial charge is 0.354 e. The van der Waals surface area contributed by atoms with Crippen LogP contribution in [-0.4, -0.2) is 27.9 Å². The lowest BCUT2D eigenvalue weighted by Gasteiger charge is -2.04. The molecule has 2 N–H and O–H groups in total. The Hall–Kier alpha value is -3.00. The fourth-order valence-corrected chi connectivity index (χ4v) is 3.22. The van der Waals surface area contributed by atoms with Gasteiger partial charge in [-0.25, -0.2) is 9.37 Å². The molecule has 0 bridgehead atoms. The maximum atomic E-state index is 14.2. The molecule has 0 spiro atoms. The van der Waals surface area contributed by atoms with Crippen LogP contribution >= 0.6 is 11.3 Å². The van der Waals surface area contributed by atoms with Crippen LogP contribution in [0.5, 0.6) is 0 Å². The zero-order valence-electron chi connectivity index (χ0n) is 15.0. The monoisotopic (exact) mass is 386 g/mol. The highest BCUT2D eigenvalue weighted by Crippen LogP contribution is 2.28. The number of anilines is 1. The molecule has 0 radical (unpaired) electrons. The van der Waals surface area contributed by atoms with Gasteiger partial charge >= 0.3 is 0 Å². The van der Waals surface area contributed by atoms with Gasteiger partial charge in [0.1, 0.15) is 5.82 Å². The van der Waals surface area contributed by atoms with Gasteiger partial charge in [-0.2, -0.15) is 0 Å². The molecule has 140 valence electrons. The minimum atomic E-state index is -0.399. The Morgan fingerprint density at radius 2 is 2.11 bits per heavy atom. The molecule has 6 nitrogen and oxygen atoms in total. The molecule has 2 aromatic heterocycles. The van der Waals surface area contributed by atoms with E-state index in [0.717, 1.165) is 6.54 Å². The lowest BCUT2D eigenvalue weighted by molar-refractivity contribution is -0.115. The van der Waals surface area contributed by atoms with E-state index in [1.807, 2.05) is 11.5 Å². The molecule has 0 aliphatic rings. The van der Waals surface area contributed by atoms with Crippen LogP contribution in [0.15, 0.2) is 42.0 Å². The molecule has 0 aliphatic heterocycles. The van der Waals surface area contributed by atoms with Gasteiger partial charge in [0.25, 0.3) is 5.91 Å². The maximum Gasteiger partial charge on any atom is 0.253 e. The molecule has 3 aromatic rings. The van der Waals surface area contributed by atoms with Gasteiger partial charge in [0, 0.05) is 29.9 Å². The molecule has 2 amide bonds. The van der Waals surface area contributed by atoms with Crippen molar-refractivity contribution in [1.82, 2.24) is 14.9 Å². The Morgan fingerprint density at radius 3 is 2.85 bits per heavy atom. The van der Waals surface area contributed by atoms with Crippen molar-refractivity contribution >= 4 is 28.3 Å². The Bertz CT molecular complexity index is 980. The highest BCUT2D eigenvalue weighted by Gasteiger charge is 2.13. The van der Waals surface area contributed by atoms with E-state index in [9.17, 15) is 14.0 Å². The average Bonchev–Trinajstić information content (AvgIpc) is 3.31. The van der Waals surface area contributed by atoms with E-state index in [4.69, 9.17) is 0 Å². The van der Waals surface area contributed by atoms with Gasteiger partial charge in [-0.05, 0) is 31.5 Å². The van der Waals surface area contributed by atoms with E-state index in [1.54, 1.807) is 49.0 Å². The van der Waals surface area contributed by atoms with Crippen LogP contribution in [0, 0.1) is 12.7 Å². The second-order valence-corrected chi connectivity index (χ2v) is 6.79. The number of halogens is 1. The predicted molar refractivity (Wildman–Crippen MR) is 103 cm³/mol. The summed E-state index contributed by atoms with van der Waals surface area (Å²) < 4.78 is 16.1. The van der Waals surface area contributed by atoms with Crippen LogP contribution in [0.4, 0.5) is 9.52 Å². The highest BCUT2D eigenvalue weighted by molar-refractivity contribution is 7.14. The van der Waals surface area contributed by atoms with Crippen molar-refractivity contribution in [3.05, 3.63) is 59.0 Å². The van der Waals surface area contributed by atoms with E-state index in [0.29, 0.717) is 27.5 Å². The number of aryl methyl sites for hydroxylation is 2. The van der Waals surface area contributed by atoms with Gasteiger partial charge in [0.05, 0.1) is 17.8 Å².